The van der Waals surface area contributed by atoms with Crippen LogP contribution in [-0.4, -0.2) is 11.1 Å². The van der Waals surface area contributed by atoms with Crippen LogP contribution in [0.15, 0.2) is 54.9 Å². The topological polar surface area (TPSA) is 41.2 Å². The molecule has 0 amide bonds. The second-order valence-electron chi connectivity index (χ2n) is 3.56. The Kier molecular flexibility index (Phi) is 5.35. The molecule has 1 N–H and O–H groups in total. The maximum Gasteiger partial charge on any atom is 1.00 e. The number of aromatic nitrogens is 1. The summed E-state index contributed by atoms with van der Waals surface area (Å²) in [6, 6.07) is 13.3. The molecular weight excluding hydrogens is 225 g/mol. The van der Waals surface area contributed by atoms with Gasteiger partial charge in [0.05, 0.1) is 0 Å². The maximum atomic E-state index is 10.8. The van der Waals surface area contributed by atoms with E-state index in [4.69, 9.17) is 5.11 Å². The fraction of sp³-hybridized carbons (Fsp3) is 0.0769. The van der Waals surface area contributed by atoms with E-state index in [9.17, 15) is 4.79 Å². The Morgan fingerprint density at radius 1 is 1.18 bits per heavy atom. The zero-order chi connectivity index (χ0) is 11.4. The summed E-state index contributed by atoms with van der Waals surface area (Å²) in [7, 11) is 0. The molecule has 0 unspecified atom stereocenters. The van der Waals surface area contributed by atoms with Gasteiger partial charge in [-0.1, -0.05) is 30.3 Å². The molecule has 0 bridgehead atoms. The van der Waals surface area contributed by atoms with Gasteiger partial charge in [0.15, 0.2) is 18.9 Å². The average molecular weight is 238 g/mol. The Morgan fingerprint density at radius 3 is 2.53 bits per heavy atom. The van der Waals surface area contributed by atoms with Crippen LogP contribution in [0.3, 0.4) is 0 Å². The minimum atomic E-state index is -0.901. The number of benzene rings is 1. The number of pyridine rings is 1. The van der Waals surface area contributed by atoms with Gasteiger partial charge in [0.2, 0.25) is 0 Å². The van der Waals surface area contributed by atoms with Gasteiger partial charge in [0.1, 0.15) is 5.56 Å². The molecule has 0 aliphatic carbocycles. The number of hydrogen-bond donors (Lipinski definition) is 1. The number of rotatable bonds is 3. The van der Waals surface area contributed by atoms with Crippen LogP contribution in [0.2, 0.25) is 0 Å². The van der Waals surface area contributed by atoms with E-state index in [0.29, 0.717) is 12.1 Å². The third-order valence-electron chi connectivity index (χ3n) is 2.31. The van der Waals surface area contributed by atoms with Gasteiger partial charge in [-0.25, -0.2) is 4.79 Å². The molecule has 0 atom stereocenters. The molecular formula is C13H13NNaO2+. The third kappa shape index (κ3) is 3.97. The summed E-state index contributed by atoms with van der Waals surface area (Å²) in [6.07, 6.45) is 3.49. The molecule has 4 heteroatoms. The van der Waals surface area contributed by atoms with Crippen molar-refractivity contribution in [2.75, 3.05) is 0 Å². The van der Waals surface area contributed by atoms with Gasteiger partial charge in [-0.15, -0.1) is 0 Å². The van der Waals surface area contributed by atoms with Crippen LogP contribution in [0.5, 0.6) is 0 Å². The van der Waals surface area contributed by atoms with Crippen molar-refractivity contribution in [1.29, 1.82) is 0 Å². The molecule has 2 rings (SSSR count). The van der Waals surface area contributed by atoms with Crippen molar-refractivity contribution >= 4 is 5.97 Å². The van der Waals surface area contributed by atoms with E-state index in [1.165, 1.54) is 0 Å². The Hall–Kier alpha value is -1.16. The smallest absolute Gasteiger partial charge is 1.00 e. The second kappa shape index (κ2) is 6.55. The molecule has 0 aliphatic heterocycles. The van der Waals surface area contributed by atoms with Crippen molar-refractivity contribution in [2.45, 2.75) is 6.54 Å². The molecule has 0 saturated heterocycles. The Balaban J connectivity index is 0.00000144. The molecule has 0 saturated carbocycles. The molecule has 0 fully saturated rings. The molecule has 0 aliphatic rings. The van der Waals surface area contributed by atoms with E-state index in [0.717, 1.165) is 5.56 Å². The molecule has 1 heterocycles. The zero-order valence-electron chi connectivity index (χ0n) is 10.7. The molecule has 1 aromatic carbocycles. The number of nitrogens with zero attached hydrogens (tertiary/aromatic N) is 1. The summed E-state index contributed by atoms with van der Waals surface area (Å²) in [5.41, 5.74) is 1.45. The van der Waals surface area contributed by atoms with Crippen LogP contribution < -0.4 is 34.1 Å². The minimum Gasteiger partial charge on any atom is -1.00 e. The fourth-order valence-corrected chi connectivity index (χ4v) is 1.54. The number of carboxylic acid groups (broad SMARTS) is 1. The van der Waals surface area contributed by atoms with Crippen LogP contribution in [0.4, 0.5) is 0 Å². The van der Waals surface area contributed by atoms with Gasteiger partial charge in [-0.05, 0) is 6.07 Å². The molecule has 0 radical (unpaired) electrons. The molecule has 1 aromatic heterocycles. The normalized spacial score (nSPS) is 9.41. The van der Waals surface area contributed by atoms with E-state index < -0.39 is 5.97 Å². The predicted octanol–water partition coefficient (Wildman–Crippen LogP) is -1.16. The Morgan fingerprint density at radius 2 is 1.88 bits per heavy atom. The van der Waals surface area contributed by atoms with Gasteiger partial charge in [-0.2, -0.15) is 4.57 Å². The first-order chi connectivity index (χ1) is 7.75. The summed E-state index contributed by atoms with van der Waals surface area (Å²) < 4.78 is 1.86. The van der Waals surface area contributed by atoms with Gasteiger partial charge < -0.3 is 6.53 Å². The van der Waals surface area contributed by atoms with E-state index in [-0.39, 0.29) is 31.0 Å². The van der Waals surface area contributed by atoms with E-state index in [1.807, 2.05) is 41.1 Å². The summed E-state index contributed by atoms with van der Waals surface area (Å²) in [6.45, 7) is 0.682. The number of carboxylic acids is 1. The third-order valence-corrected chi connectivity index (χ3v) is 2.31. The van der Waals surface area contributed by atoms with Gasteiger partial charge in [0.25, 0.3) is 0 Å². The maximum absolute atomic E-state index is 10.8. The summed E-state index contributed by atoms with van der Waals surface area (Å²) in [4.78, 5) is 10.8. The standard InChI is InChI=1S/C13H11NO2.Na.H/c15-13(16)12-7-4-8-14(10-12)9-11-5-2-1-3-6-11;;/h1-8,10H,9H2;;/q;+1;-1/p+1. The zero-order valence-corrected chi connectivity index (χ0v) is 11.7. The first kappa shape index (κ1) is 13.9. The van der Waals surface area contributed by atoms with E-state index in [2.05, 4.69) is 0 Å². The van der Waals surface area contributed by atoms with Crippen LogP contribution in [0.1, 0.15) is 17.3 Å². The average Bonchev–Trinajstić information content (AvgIpc) is 2.30. The number of hydrogen-bond acceptors (Lipinski definition) is 1. The largest absolute Gasteiger partial charge is 1.00 e. The monoisotopic (exact) mass is 238 g/mol. The molecule has 82 valence electrons. The second-order valence-corrected chi connectivity index (χ2v) is 3.56. The summed E-state index contributed by atoms with van der Waals surface area (Å²) in [5.74, 6) is -0.901. The van der Waals surface area contributed by atoms with Gasteiger partial charge in [-0.3, -0.25) is 0 Å². The van der Waals surface area contributed by atoms with Crippen molar-refractivity contribution in [1.82, 2.24) is 0 Å². The van der Waals surface area contributed by atoms with Crippen LogP contribution in [0.25, 0.3) is 0 Å². The van der Waals surface area contributed by atoms with Crippen molar-refractivity contribution < 1.29 is 45.5 Å². The number of carbonyl (C=O) groups is 1. The van der Waals surface area contributed by atoms with Crippen LogP contribution in [0, 0.1) is 0 Å². The Labute approximate surface area is 124 Å². The van der Waals surface area contributed by atoms with Gasteiger partial charge in [0, 0.05) is 11.6 Å². The molecule has 0 spiro atoms. The van der Waals surface area contributed by atoms with E-state index >= 15 is 0 Å². The summed E-state index contributed by atoms with van der Waals surface area (Å²) >= 11 is 0. The van der Waals surface area contributed by atoms with Gasteiger partial charge >= 0.3 is 35.5 Å². The molecule has 3 nitrogen and oxygen atoms in total. The fourth-order valence-electron chi connectivity index (χ4n) is 1.54. The van der Waals surface area contributed by atoms with Crippen LogP contribution in [-0.2, 0) is 6.54 Å². The van der Waals surface area contributed by atoms with Crippen molar-refractivity contribution in [3.8, 4) is 0 Å². The Bertz CT molecular complexity index is 505. The first-order valence-electron chi connectivity index (χ1n) is 5.02. The first-order valence-corrected chi connectivity index (χ1v) is 5.02. The minimum absolute atomic E-state index is 0. The van der Waals surface area contributed by atoms with Crippen LogP contribution >= 0.6 is 0 Å². The van der Waals surface area contributed by atoms with Crippen molar-refractivity contribution in [3.05, 3.63) is 66.0 Å². The molecule has 2 aromatic rings. The number of aromatic carboxylic acids is 1. The van der Waals surface area contributed by atoms with Crippen molar-refractivity contribution in [3.63, 3.8) is 0 Å². The molecule has 17 heavy (non-hydrogen) atoms. The summed E-state index contributed by atoms with van der Waals surface area (Å²) in [5, 5.41) is 8.86. The SMILES string of the molecule is O=C(O)c1ccc[n+](Cc2ccccc2)c1.[H-].[Na+]. The van der Waals surface area contributed by atoms with E-state index in [1.54, 1.807) is 18.3 Å². The predicted molar refractivity (Wildman–Crippen MR) is 60.3 cm³/mol. The quantitative estimate of drug-likeness (QED) is 0.541. The van der Waals surface area contributed by atoms with Crippen molar-refractivity contribution in [2.24, 2.45) is 0 Å².